The number of carbonyl (C=O) groups excluding carboxylic acids is 1. The molecule has 0 aromatic rings. The first-order valence-corrected chi connectivity index (χ1v) is 3.77. The highest BCUT2D eigenvalue weighted by Crippen LogP contribution is 1.94. The summed E-state index contributed by atoms with van der Waals surface area (Å²) in [7, 11) is 0. The molecule has 0 aliphatic rings. The van der Waals surface area contributed by atoms with Gasteiger partial charge in [-0.05, 0) is 6.42 Å². The van der Waals surface area contributed by atoms with Crippen LogP contribution in [0, 0.1) is 6.42 Å². The molecule has 0 heterocycles. The number of hydrogen-bond acceptors (Lipinski definition) is 2. The van der Waals surface area contributed by atoms with Crippen LogP contribution in [0.25, 0.3) is 0 Å². The Labute approximate surface area is 62.6 Å². The van der Waals surface area contributed by atoms with E-state index in [0.29, 0.717) is 6.61 Å². The second-order valence-corrected chi connectivity index (χ2v) is 2.16. The SMILES string of the molecule is C[CH]C(=O)OCCCCC. The molecule has 0 spiro atoms. The summed E-state index contributed by atoms with van der Waals surface area (Å²) >= 11 is 0. The molecule has 59 valence electrons. The zero-order valence-electron chi connectivity index (χ0n) is 6.72. The van der Waals surface area contributed by atoms with Crippen molar-refractivity contribution in [1.29, 1.82) is 0 Å². The average molecular weight is 143 g/mol. The van der Waals surface area contributed by atoms with Crippen LogP contribution in [-0.4, -0.2) is 12.6 Å². The fraction of sp³-hybridized carbons (Fsp3) is 0.750. The lowest BCUT2D eigenvalue weighted by molar-refractivity contribution is -0.139. The molecule has 0 aromatic carbocycles. The van der Waals surface area contributed by atoms with Crippen molar-refractivity contribution >= 4 is 5.97 Å². The van der Waals surface area contributed by atoms with Gasteiger partial charge in [-0.2, -0.15) is 0 Å². The minimum Gasteiger partial charge on any atom is -0.465 e. The van der Waals surface area contributed by atoms with Crippen molar-refractivity contribution in [3.8, 4) is 0 Å². The normalized spacial score (nSPS) is 9.40. The van der Waals surface area contributed by atoms with E-state index in [9.17, 15) is 4.79 Å². The molecule has 2 heteroatoms. The molecule has 0 aliphatic heterocycles. The molecule has 0 fully saturated rings. The van der Waals surface area contributed by atoms with Gasteiger partial charge in [-0.3, -0.25) is 4.79 Å². The summed E-state index contributed by atoms with van der Waals surface area (Å²) in [5, 5.41) is 0. The van der Waals surface area contributed by atoms with E-state index in [1.807, 2.05) is 0 Å². The first-order chi connectivity index (χ1) is 4.81. The van der Waals surface area contributed by atoms with Crippen LogP contribution in [0.1, 0.15) is 33.1 Å². The molecule has 0 N–H and O–H groups in total. The number of esters is 1. The Morgan fingerprint density at radius 1 is 1.50 bits per heavy atom. The van der Waals surface area contributed by atoms with Crippen molar-refractivity contribution < 1.29 is 9.53 Å². The van der Waals surface area contributed by atoms with E-state index < -0.39 is 0 Å². The summed E-state index contributed by atoms with van der Waals surface area (Å²) in [4.78, 5) is 10.5. The summed E-state index contributed by atoms with van der Waals surface area (Å²) in [6, 6.07) is 0. The average Bonchev–Trinajstić information content (AvgIpc) is 1.98. The summed E-state index contributed by atoms with van der Waals surface area (Å²) in [6.45, 7) is 4.37. The van der Waals surface area contributed by atoms with E-state index in [0.717, 1.165) is 19.3 Å². The lowest BCUT2D eigenvalue weighted by Gasteiger charge is -2.00. The maximum atomic E-state index is 10.5. The number of ether oxygens (including phenoxy) is 1. The second-order valence-electron chi connectivity index (χ2n) is 2.16. The van der Waals surface area contributed by atoms with Gasteiger partial charge >= 0.3 is 5.97 Å². The molecule has 0 saturated carbocycles. The smallest absolute Gasteiger partial charge is 0.309 e. The molecule has 0 atom stereocenters. The Kier molecular flexibility index (Phi) is 6.24. The van der Waals surface area contributed by atoms with Gasteiger partial charge in [-0.1, -0.05) is 26.7 Å². The van der Waals surface area contributed by atoms with E-state index in [4.69, 9.17) is 4.74 Å². The lowest BCUT2D eigenvalue weighted by Crippen LogP contribution is -2.03. The van der Waals surface area contributed by atoms with E-state index >= 15 is 0 Å². The molecule has 0 rings (SSSR count). The standard InChI is InChI=1S/C8H15O2/c1-3-5-6-7-10-8(9)4-2/h4H,3,5-7H2,1-2H3. The molecule has 0 unspecified atom stereocenters. The Morgan fingerprint density at radius 2 is 2.20 bits per heavy atom. The minimum absolute atomic E-state index is 0.212. The molecule has 0 bridgehead atoms. The van der Waals surface area contributed by atoms with E-state index in [2.05, 4.69) is 6.92 Å². The van der Waals surface area contributed by atoms with Gasteiger partial charge in [0, 0.05) is 0 Å². The zero-order valence-corrected chi connectivity index (χ0v) is 6.72. The second kappa shape index (κ2) is 6.59. The van der Waals surface area contributed by atoms with Crippen molar-refractivity contribution in [3.05, 3.63) is 6.42 Å². The molecule has 1 radical (unpaired) electrons. The molecule has 0 aromatic heterocycles. The Bertz CT molecular complexity index is 89.3. The van der Waals surface area contributed by atoms with Gasteiger partial charge in [0.15, 0.2) is 0 Å². The van der Waals surface area contributed by atoms with E-state index in [1.54, 1.807) is 6.92 Å². The van der Waals surface area contributed by atoms with Crippen LogP contribution in [0.5, 0.6) is 0 Å². The Balaban J connectivity index is 2.96. The van der Waals surface area contributed by atoms with E-state index in [-0.39, 0.29) is 5.97 Å². The third-order valence-corrected chi connectivity index (χ3v) is 1.23. The van der Waals surface area contributed by atoms with Crippen LogP contribution in [-0.2, 0) is 9.53 Å². The maximum Gasteiger partial charge on any atom is 0.309 e. The molecule has 2 nitrogen and oxygen atoms in total. The maximum absolute atomic E-state index is 10.5. The molecule has 0 aliphatic carbocycles. The summed E-state index contributed by atoms with van der Waals surface area (Å²) in [5.41, 5.74) is 0. The molecule has 0 saturated heterocycles. The van der Waals surface area contributed by atoms with Crippen molar-refractivity contribution in [2.45, 2.75) is 33.1 Å². The van der Waals surface area contributed by atoms with Crippen molar-refractivity contribution in [2.24, 2.45) is 0 Å². The summed E-state index contributed by atoms with van der Waals surface area (Å²) < 4.78 is 4.80. The molecule has 10 heavy (non-hydrogen) atoms. The number of carbonyl (C=O) groups is 1. The third kappa shape index (κ3) is 5.60. The number of rotatable bonds is 5. The van der Waals surface area contributed by atoms with Crippen LogP contribution in [0.2, 0.25) is 0 Å². The number of unbranched alkanes of at least 4 members (excludes halogenated alkanes) is 2. The van der Waals surface area contributed by atoms with Crippen molar-refractivity contribution in [2.75, 3.05) is 6.61 Å². The van der Waals surface area contributed by atoms with Gasteiger partial charge in [0.2, 0.25) is 0 Å². The summed E-state index contributed by atoms with van der Waals surface area (Å²) in [5.74, 6) is -0.212. The first-order valence-electron chi connectivity index (χ1n) is 3.77. The van der Waals surface area contributed by atoms with Gasteiger partial charge in [-0.25, -0.2) is 0 Å². The molecular weight excluding hydrogens is 128 g/mol. The fourth-order valence-corrected chi connectivity index (χ4v) is 0.608. The van der Waals surface area contributed by atoms with Gasteiger partial charge < -0.3 is 4.74 Å². The van der Waals surface area contributed by atoms with Gasteiger partial charge in [0.1, 0.15) is 0 Å². The van der Waals surface area contributed by atoms with Crippen molar-refractivity contribution in [3.63, 3.8) is 0 Å². The van der Waals surface area contributed by atoms with Gasteiger partial charge in [0.25, 0.3) is 0 Å². The fourth-order valence-electron chi connectivity index (χ4n) is 0.608. The first kappa shape index (κ1) is 9.47. The quantitative estimate of drug-likeness (QED) is 0.434. The highest BCUT2D eigenvalue weighted by molar-refractivity contribution is 5.78. The minimum atomic E-state index is -0.212. The topological polar surface area (TPSA) is 26.3 Å². The summed E-state index contributed by atoms with van der Waals surface area (Å²) in [6.07, 6.45) is 4.71. The Morgan fingerprint density at radius 3 is 2.70 bits per heavy atom. The van der Waals surface area contributed by atoms with Crippen LogP contribution in [0.3, 0.4) is 0 Å². The lowest BCUT2D eigenvalue weighted by atomic mass is 10.3. The van der Waals surface area contributed by atoms with E-state index in [1.165, 1.54) is 6.42 Å². The third-order valence-electron chi connectivity index (χ3n) is 1.23. The van der Waals surface area contributed by atoms with Crippen LogP contribution >= 0.6 is 0 Å². The zero-order chi connectivity index (χ0) is 7.82. The van der Waals surface area contributed by atoms with Crippen LogP contribution < -0.4 is 0 Å². The predicted molar refractivity (Wildman–Crippen MR) is 40.5 cm³/mol. The highest BCUT2D eigenvalue weighted by atomic mass is 16.5. The molecular formula is C8H15O2. The van der Waals surface area contributed by atoms with Crippen LogP contribution in [0.4, 0.5) is 0 Å². The predicted octanol–water partition coefficient (Wildman–Crippen LogP) is 1.94. The Hall–Kier alpha value is -0.530. The number of hydrogen-bond donors (Lipinski definition) is 0. The molecule has 0 amide bonds. The van der Waals surface area contributed by atoms with Gasteiger partial charge in [-0.15, -0.1) is 0 Å². The van der Waals surface area contributed by atoms with Gasteiger partial charge in [0.05, 0.1) is 13.0 Å². The van der Waals surface area contributed by atoms with Crippen LogP contribution in [0.15, 0.2) is 0 Å². The largest absolute Gasteiger partial charge is 0.465 e. The monoisotopic (exact) mass is 143 g/mol. The van der Waals surface area contributed by atoms with Crippen molar-refractivity contribution in [1.82, 2.24) is 0 Å². The highest BCUT2D eigenvalue weighted by Gasteiger charge is 1.95.